The number of rotatable bonds is 9. The number of carbonyl (C=O) groups is 2. The number of alkyl halides is 3. The molecule has 3 heterocycles. The van der Waals surface area contributed by atoms with Gasteiger partial charge in [-0.2, -0.15) is 23.1 Å². The number of ketones is 1. The number of benzene rings is 2. The smallest absolute Gasteiger partial charge is 0.346 e. The summed E-state index contributed by atoms with van der Waals surface area (Å²) in [4.78, 5) is 32.6. The number of nitrogens with zero attached hydrogens (tertiary/aromatic N) is 7. The molecule has 1 unspecified atom stereocenters. The number of hydrogen-bond acceptors (Lipinski definition) is 7. The van der Waals surface area contributed by atoms with E-state index >= 15 is 0 Å². The van der Waals surface area contributed by atoms with Gasteiger partial charge in [-0.05, 0) is 77.1 Å². The van der Waals surface area contributed by atoms with Crippen LogP contribution in [0, 0.1) is 6.92 Å². The highest BCUT2D eigenvalue weighted by Gasteiger charge is 2.37. The predicted molar refractivity (Wildman–Crippen MR) is 174 cm³/mol. The van der Waals surface area contributed by atoms with E-state index in [2.05, 4.69) is 51.6 Å². The third kappa shape index (κ3) is 7.74. The number of aromatic nitrogens is 7. The van der Waals surface area contributed by atoms with Crippen molar-refractivity contribution >= 4 is 34.9 Å². The maximum absolute atomic E-state index is 14.0. The van der Waals surface area contributed by atoms with Gasteiger partial charge in [0.2, 0.25) is 0 Å². The zero-order valence-electron chi connectivity index (χ0n) is 26.6. The molecule has 0 aliphatic carbocycles. The van der Waals surface area contributed by atoms with Gasteiger partial charge in [0, 0.05) is 23.2 Å². The minimum Gasteiger partial charge on any atom is -0.346 e. The van der Waals surface area contributed by atoms with Crippen molar-refractivity contribution in [1.82, 2.24) is 40.3 Å². The molecular weight excluding hydrogens is 668 g/mol. The minimum absolute atomic E-state index is 0.0211. The van der Waals surface area contributed by atoms with Gasteiger partial charge >= 0.3 is 6.18 Å². The molecule has 0 saturated heterocycles. The zero-order chi connectivity index (χ0) is 35.0. The van der Waals surface area contributed by atoms with E-state index < -0.39 is 23.7 Å². The SMILES string of the molecule is Cc1cc(Cl)cc(C(=O)NC(C)c2ccc(C(C)(C)C)cc2)c1CC(=O)c1cc(Cn2nnc(C(F)(F)F)n2)nn1-c1ncccc1Cl. The first-order chi connectivity index (χ1) is 22.5. The van der Waals surface area contributed by atoms with E-state index in [4.69, 9.17) is 23.2 Å². The summed E-state index contributed by atoms with van der Waals surface area (Å²) >= 11 is 12.8. The lowest BCUT2D eigenvalue weighted by atomic mass is 9.86. The third-order valence-electron chi connectivity index (χ3n) is 7.64. The lowest BCUT2D eigenvalue weighted by Gasteiger charge is -2.21. The fraction of sp³-hybridized carbons (Fsp3) is 0.303. The highest BCUT2D eigenvalue weighted by Crippen LogP contribution is 2.28. The number of aryl methyl sites for hydroxylation is 1. The monoisotopic (exact) mass is 698 g/mol. The molecule has 3 aromatic heterocycles. The Morgan fingerprint density at radius 1 is 1.00 bits per heavy atom. The van der Waals surface area contributed by atoms with Crippen molar-refractivity contribution in [3.8, 4) is 5.82 Å². The van der Waals surface area contributed by atoms with E-state index in [1.807, 2.05) is 31.2 Å². The highest BCUT2D eigenvalue weighted by atomic mass is 35.5. The van der Waals surface area contributed by atoms with Gasteiger partial charge in [-0.15, -0.1) is 10.2 Å². The van der Waals surface area contributed by atoms with Crippen LogP contribution in [0.4, 0.5) is 13.2 Å². The first-order valence-electron chi connectivity index (χ1n) is 14.8. The van der Waals surface area contributed by atoms with Crippen LogP contribution in [0.2, 0.25) is 10.0 Å². The molecule has 250 valence electrons. The van der Waals surface area contributed by atoms with Crippen molar-refractivity contribution in [2.75, 3.05) is 0 Å². The summed E-state index contributed by atoms with van der Waals surface area (Å²) in [6, 6.07) is 15.4. The van der Waals surface area contributed by atoms with Gasteiger partial charge in [0.15, 0.2) is 11.6 Å². The molecule has 0 fully saturated rings. The van der Waals surface area contributed by atoms with Crippen molar-refractivity contribution in [3.05, 3.63) is 116 Å². The Labute approximate surface area is 284 Å². The molecule has 5 rings (SSSR count). The van der Waals surface area contributed by atoms with Gasteiger partial charge in [-0.25, -0.2) is 9.67 Å². The Morgan fingerprint density at radius 3 is 2.33 bits per heavy atom. The topological polar surface area (TPSA) is 120 Å². The molecule has 0 saturated carbocycles. The Kier molecular flexibility index (Phi) is 9.74. The van der Waals surface area contributed by atoms with Crippen LogP contribution in [0.15, 0.2) is 60.8 Å². The predicted octanol–water partition coefficient (Wildman–Crippen LogP) is 7.15. The van der Waals surface area contributed by atoms with E-state index in [-0.39, 0.29) is 52.2 Å². The molecule has 2 aromatic carbocycles. The Bertz CT molecular complexity index is 1980. The van der Waals surface area contributed by atoms with Gasteiger partial charge in [0.25, 0.3) is 11.7 Å². The van der Waals surface area contributed by atoms with E-state index in [0.717, 1.165) is 11.1 Å². The van der Waals surface area contributed by atoms with Crippen LogP contribution < -0.4 is 5.32 Å². The second kappa shape index (κ2) is 13.5. The lowest BCUT2D eigenvalue weighted by molar-refractivity contribution is -0.145. The van der Waals surface area contributed by atoms with Gasteiger partial charge in [-0.3, -0.25) is 9.59 Å². The molecule has 1 amide bonds. The number of carbonyl (C=O) groups excluding carboxylic acids is 2. The normalized spacial score (nSPS) is 12.6. The molecule has 0 aliphatic rings. The molecule has 1 atom stereocenters. The van der Waals surface area contributed by atoms with Crippen LogP contribution in [0.5, 0.6) is 0 Å². The molecule has 1 N–H and O–H groups in total. The summed E-state index contributed by atoms with van der Waals surface area (Å²) in [7, 11) is 0. The molecular formula is C33H31Cl2F3N8O2. The summed E-state index contributed by atoms with van der Waals surface area (Å²) in [5, 5.41) is 17.8. The number of nitrogens with one attached hydrogen (secondary N) is 1. The van der Waals surface area contributed by atoms with Crippen LogP contribution in [0.25, 0.3) is 5.82 Å². The fourth-order valence-electron chi connectivity index (χ4n) is 5.06. The number of hydrogen-bond donors (Lipinski definition) is 1. The number of Topliss-reactive ketones (excluding diaryl/α,β-unsaturated/α-hetero) is 1. The molecule has 0 bridgehead atoms. The highest BCUT2D eigenvalue weighted by molar-refractivity contribution is 6.32. The molecule has 0 spiro atoms. The number of amides is 1. The first-order valence-corrected chi connectivity index (χ1v) is 15.5. The molecule has 15 heteroatoms. The van der Waals surface area contributed by atoms with Crippen molar-refractivity contribution < 1.29 is 22.8 Å². The Hall–Kier alpha value is -4.62. The van der Waals surface area contributed by atoms with Crippen LogP contribution in [-0.2, 0) is 24.6 Å². The fourth-order valence-corrected chi connectivity index (χ4v) is 5.53. The summed E-state index contributed by atoms with van der Waals surface area (Å²) < 4.78 is 40.3. The Balaban J connectivity index is 1.45. The van der Waals surface area contributed by atoms with E-state index in [9.17, 15) is 22.8 Å². The Morgan fingerprint density at radius 2 is 1.71 bits per heavy atom. The number of pyridine rings is 1. The first kappa shape index (κ1) is 34.7. The van der Waals surface area contributed by atoms with Crippen LogP contribution in [0.1, 0.15) is 88.4 Å². The van der Waals surface area contributed by atoms with Crippen molar-refractivity contribution in [3.63, 3.8) is 0 Å². The quantitative estimate of drug-likeness (QED) is 0.162. The molecule has 0 aliphatic heterocycles. The van der Waals surface area contributed by atoms with E-state index in [0.29, 0.717) is 20.9 Å². The molecule has 48 heavy (non-hydrogen) atoms. The van der Waals surface area contributed by atoms with Gasteiger partial charge in [0.05, 0.1) is 16.8 Å². The van der Waals surface area contributed by atoms with Crippen molar-refractivity contribution in [2.24, 2.45) is 0 Å². The molecule has 0 radical (unpaired) electrons. The van der Waals surface area contributed by atoms with E-state index in [1.165, 1.54) is 23.0 Å². The van der Waals surface area contributed by atoms with Gasteiger partial charge < -0.3 is 5.32 Å². The van der Waals surface area contributed by atoms with Crippen LogP contribution in [-0.4, -0.2) is 46.7 Å². The summed E-state index contributed by atoms with van der Waals surface area (Å²) in [6.45, 7) is 9.65. The summed E-state index contributed by atoms with van der Waals surface area (Å²) in [6.07, 6.45) is -3.57. The van der Waals surface area contributed by atoms with Crippen LogP contribution >= 0.6 is 23.2 Å². The summed E-state index contributed by atoms with van der Waals surface area (Å²) in [5.74, 6) is -2.18. The minimum atomic E-state index is -4.78. The van der Waals surface area contributed by atoms with Crippen molar-refractivity contribution in [2.45, 2.75) is 65.2 Å². The summed E-state index contributed by atoms with van der Waals surface area (Å²) in [5.41, 5.74) is 3.48. The second-order valence-electron chi connectivity index (χ2n) is 12.3. The lowest BCUT2D eigenvalue weighted by Crippen LogP contribution is -2.28. The largest absolute Gasteiger partial charge is 0.455 e. The maximum atomic E-state index is 14.0. The molecule has 5 aromatic rings. The maximum Gasteiger partial charge on any atom is 0.455 e. The number of halogens is 5. The van der Waals surface area contributed by atoms with Gasteiger partial charge in [0.1, 0.15) is 12.2 Å². The van der Waals surface area contributed by atoms with E-state index in [1.54, 1.807) is 25.1 Å². The van der Waals surface area contributed by atoms with Gasteiger partial charge in [-0.1, -0.05) is 68.2 Å². The standard InChI is InChI=1S/C33H31Cl2F3N8O2/c1-18-13-22(34)14-25(30(48)40-19(2)20-8-10-21(11-9-20)32(3,4)5)24(18)16-28(47)27-15-23(17-45-43-31(41-44-45)33(36,37)38)42-46(27)29-26(35)7-6-12-39-29/h6-15,19H,16-17H2,1-5H3,(H,40,48). The van der Waals surface area contributed by atoms with Crippen LogP contribution in [0.3, 0.4) is 0 Å². The molecule has 10 nitrogen and oxygen atoms in total. The second-order valence-corrected chi connectivity index (χ2v) is 13.1. The zero-order valence-corrected chi connectivity index (χ0v) is 28.1. The average Bonchev–Trinajstić information content (AvgIpc) is 3.66. The average molecular weight is 700 g/mol. The van der Waals surface area contributed by atoms with Crippen molar-refractivity contribution in [1.29, 1.82) is 0 Å². The third-order valence-corrected chi connectivity index (χ3v) is 8.15. The number of tetrazole rings is 1.